The van der Waals surface area contributed by atoms with Crippen LogP contribution in [0.4, 0.5) is 4.39 Å². The van der Waals surface area contributed by atoms with Crippen molar-refractivity contribution < 1.29 is 4.39 Å². The van der Waals surface area contributed by atoms with E-state index in [0.29, 0.717) is 16.3 Å². The Hall–Kier alpha value is -1.72. The summed E-state index contributed by atoms with van der Waals surface area (Å²) in [5.74, 6) is 0. The number of rotatable bonds is 2. The number of aromatic nitrogens is 1. The zero-order valence-electron chi connectivity index (χ0n) is 10.5. The van der Waals surface area contributed by atoms with Crippen molar-refractivity contribution in [2.24, 2.45) is 5.73 Å². The van der Waals surface area contributed by atoms with E-state index in [4.69, 9.17) is 5.73 Å². The van der Waals surface area contributed by atoms with Gasteiger partial charge in [-0.2, -0.15) is 0 Å². The van der Waals surface area contributed by atoms with Gasteiger partial charge < -0.3 is 10.7 Å². The number of nitrogens with two attached hydrogens (primary N) is 1. The van der Waals surface area contributed by atoms with E-state index in [-0.39, 0.29) is 12.1 Å². The van der Waals surface area contributed by atoms with Crippen LogP contribution in [0.1, 0.15) is 11.7 Å². The maximum Gasteiger partial charge on any atom is 0.256 e. The van der Waals surface area contributed by atoms with Gasteiger partial charge in [0.15, 0.2) is 0 Å². The molecule has 102 valence electrons. The summed E-state index contributed by atoms with van der Waals surface area (Å²) in [6, 6.07) is 8.95. The minimum absolute atomic E-state index is 0.0835. The Morgan fingerprint density at radius 1 is 1.25 bits per heavy atom. The van der Waals surface area contributed by atoms with E-state index in [9.17, 15) is 9.18 Å². The molecule has 3 nitrogen and oxygen atoms in total. The molecule has 0 spiro atoms. The van der Waals surface area contributed by atoms with Crippen LogP contribution in [0, 0.1) is 0 Å². The highest BCUT2D eigenvalue weighted by Crippen LogP contribution is 2.33. The van der Waals surface area contributed by atoms with Gasteiger partial charge in [0.05, 0.1) is 5.39 Å². The number of fused-ring (bicyclic) bond motifs is 3. The number of halogens is 2. The smallest absolute Gasteiger partial charge is 0.256 e. The second-order valence-electron chi connectivity index (χ2n) is 4.63. The monoisotopic (exact) mass is 334 g/mol. The molecule has 0 aliphatic rings. The fourth-order valence-corrected chi connectivity index (χ4v) is 2.86. The van der Waals surface area contributed by atoms with E-state index in [1.165, 1.54) is 0 Å². The Morgan fingerprint density at radius 2 is 2.05 bits per heavy atom. The number of H-pyrrole nitrogens is 1. The number of alkyl halides is 1. The number of pyridine rings is 1. The third-order valence-corrected chi connectivity index (χ3v) is 3.90. The molecule has 0 fully saturated rings. The maximum absolute atomic E-state index is 14.1. The molecule has 0 saturated carbocycles. The molecule has 1 atom stereocenters. The van der Waals surface area contributed by atoms with Crippen molar-refractivity contribution in [2.75, 3.05) is 6.54 Å². The first-order chi connectivity index (χ1) is 9.61. The topological polar surface area (TPSA) is 58.9 Å². The van der Waals surface area contributed by atoms with Gasteiger partial charge >= 0.3 is 0 Å². The van der Waals surface area contributed by atoms with Crippen molar-refractivity contribution >= 4 is 37.5 Å². The van der Waals surface area contributed by atoms with Gasteiger partial charge in [-0.15, -0.1) is 0 Å². The fourth-order valence-electron chi connectivity index (χ4n) is 2.50. The summed E-state index contributed by atoms with van der Waals surface area (Å²) in [5, 5.41) is 2.72. The average molecular weight is 335 g/mol. The molecule has 0 aliphatic carbocycles. The summed E-state index contributed by atoms with van der Waals surface area (Å²) in [6.45, 7) is -0.0835. The van der Waals surface area contributed by atoms with Gasteiger partial charge in [-0.1, -0.05) is 22.0 Å². The first kappa shape index (κ1) is 13.3. The molecule has 3 rings (SSSR count). The van der Waals surface area contributed by atoms with Crippen LogP contribution in [-0.2, 0) is 0 Å². The third-order valence-electron chi connectivity index (χ3n) is 3.41. The SMILES string of the molecule is NC[C@H](F)c1cc2cc[nH]c(=O)c2c2cc(Br)ccc12. The predicted octanol–water partition coefficient (Wildman–Crippen LogP) is 3.41. The first-order valence-corrected chi connectivity index (χ1v) is 6.99. The largest absolute Gasteiger partial charge is 0.329 e. The lowest BCUT2D eigenvalue weighted by molar-refractivity contribution is 0.355. The lowest BCUT2D eigenvalue weighted by Crippen LogP contribution is -2.10. The molecule has 3 N–H and O–H groups in total. The van der Waals surface area contributed by atoms with Gasteiger partial charge in [-0.25, -0.2) is 4.39 Å². The molecule has 0 saturated heterocycles. The normalized spacial score (nSPS) is 12.9. The molecule has 0 unspecified atom stereocenters. The highest BCUT2D eigenvalue weighted by molar-refractivity contribution is 9.10. The highest BCUT2D eigenvalue weighted by atomic mass is 79.9. The summed E-state index contributed by atoms with van der Waals surface area (Å²) in [7, 11) is 0. The minimum atomic E-state index is -1.25. The van der Waals surface area contributed by atoms with Gasteiger partial charge in [-0.05, 0) is 46.0 Å². The van der Waals surface area contributed by atoms with E-state index >= 15 is 0 Å². The quantitative estimate of drug-likeness (QED) is 0.705. The zero-order chi connectivity index (χ0) is 14.3. The Kier molecular flexibility index (Phi) is 3.31. The molecule has 20 heavy (non-hydrogen) atoms. The van der Waals surface area contributed by atoms with Crippen LogP contribution in [-0.4, -0.2) is 11.5 Å². The Bertz CT molecular complexity index is 859. The van der Waals surface area contributed by atoms with Crippen molar-refractivity contribution in [3.63, 3.8) is 0 Å². The summed E-state index contributed by atoms with van der Waals surface area (Å²) >= 11 is 3.39. The fraction of sp³-hybridized carbons (Fsp3) is 0.133. The van der Waals surface area contributed by atoms with E-state index in [0.717, 1.165) is 15.2 Å². The molecule has 0 aliphatic heterocycles. The number of aromatic amines is 1. The van der Waals surface area contributed by atoms with Crippen molar-refractivity contribution in [1.82, 2.24) is 4.98 Å². The van der Waals surface area contributed by atoms with Gasteiger partial charge in [0.25, 0.3) is 5.56 Å². The minimum Gasteiger partial charge on any atom is -0.329 e. The molecule has 1 heterocycles. The summed E-state index contributed by atoms with van der Waals surface area (Å²) in [6.07, 6.45) is 0.316. The van der Waals surface area contributed by atoms with Crippen molar-refractivity contribution in [1.29, 1.82) is 0 Å². The lowest BCUT2D eigenvalue weighted by Gasteiger charge is -2.12. The van der Waals surface area contributed by atoms with Crippen molar-refractivity contribution in [2.45, 2.75) is 6.17 Å². The molecule has 5 heteroatoms. The standard InChI is InChI=1S/C15H12BrFN2O/c16-9-1-2-10-11(13(17)7-18)5-8-3-4-19-15(20)14(8)12(10)6-9/h1-6,13H,7,18H2,(H,19,20)/t13-/m0/s1. The van der Waals surface area contributed by atoms with Gasteiger partial charge in [-0.3, -0.25) is 4.79 Å². The maximum atomic E-state index is 14.1. The van der Waals surface area contributed by atoms with E-state index < -0.39 is 6.17 Å². The van der Waals surface area contributed by atoms with Crippen LogP contribution in [0.25, 0.3) is 21.5 Å². The summed E-state index contributed by atoms with van der Waals surface area (Å²) in [4.78, 5) is 14.7. The number of nitrogens with one attached hydrogen (secondary N) is 1. The van der Waals surface area contributed by atoms with E-state index in [1.807, 2.05) is 18.2 Å². The summed E-state index contributed by atoms with van der Waals surface area (Å²) < 4.78 is 14.9. The molecule has 3 aromatic rings. The summed E-state index contributed by atoms with van der Waals surface area (Å²) in [5.41, 5.74) is 5.79. The molecule has 1 aromatic heterocycles. The van der Waals surface area contributed by atoms with Gasteiger partial charge in [0.2, 0.25) is 0 Å². The Morgan fingerprint density at radius 3 is 2.80 bits per heavy atom. The molecule has 0 radical (unpaired) electrons. The predicted molar refractivity (Wildman–Crippen MR) is 82.7 cm³/mol. The lowest BCUT2D eigenvalue weighted by atomic mass is 9.96. The third kappa shape index (κ3) is 2.03. The van der Waals surface area contributed by atoms with Gasteiger partial charge in [0, 0.05) is 17.2 Å². The van der Waals surface area contributed by atoms with E-state index in [1.54, 1.807) is 18.3 Å². The Balaban J connectivity index is 2.56. The van der Waals surface area contributed by atoms with Crippen LogP contribution in [0.15, 0.2) is 45.8 Å². The van der Waals surface area contributed by atoms with Crippen molar-refractivity contribution in [3.05, 3.63) is 56.9 Å². The number of hydrogen-bond acceptors (Lipinski definition) is 2. The van der Waals surface area contributed by atoms with E-state index in [2.05, 4.69) is 20.9 Å². The second kappa shape index (κ2) is 5.00. The number of benzene rings is 2. The van der Waals surface area contributed by atoms with Crippen LogP contribution in [0.3, 0.4) is 0 Å². The molecule has 2 aromatic carbocycles. The van der Waals surface area contributed by atoms with Crippen LogP contribution >= 0.6 is 15.9 Å². The van der Waals surface area contributed by atoms with Crippen LogP contribution in [0.2, 0.25) is 0 Å². The van der Waals surface area contributed by atoms with Gasteiger partial charge in [0.1, 0.15) is 6.17 Å². The van der Waals surface area contributed by atoms with Crippen molar-refractivity contribution in [3.8, 4) is 0 Å². The van der Waals surface area contributed by atoms with Crippen LogP contribution < -0.4 is 11.3 Å². The molecule has 0 bridgehead atoms. The van der Waals surface area contributed by atoms with Crippen LogP contribution in [0.5, 0.6) is 0 Å². The Labute approximate surface area is 122 Å². The zero-order valence-corrected chi connectivity index (χ0v) is 12.1. The first-order valence-electron chi connectivity index (χ1n) is 6.19. The second-order valence-corrected chi connectivity index (χ2v) is 5.55. The molecular formula is C15H12BrFN2O. The molecule has 0 amide bonds. The highest BCUT2D eigenvalue weighted by Gasteiger charge is 2.15. The number of hydrogen-bond donors (Lipinski definition) is 2. The molecular weight excluding hydrogens is 323 g/mol. The average Bonchev–Trinajstić information content (AvgIpc) is 2.45.